The zero-order chi connectivity index (χ0) is 16.8. The minimum atomic E-state index is 0.0904. The molecule has 0 saturated carbocycles. The number of carbonyl (C=O) groups is 1. The van der Waals surface area contributed by atoms with Crippen molar-refractivity contribution >= 4 is 46.5 Å². The number of rotatable bonds is 7. The van der Waals surface area contributed by atoms with Crippen LogP contribution in [0.1, 0.15) is 5.56 Å². The number of nitrogens with zero attached hydrogens (tertiary/aromatic N) is 4. The lowest BCUT2D eigenvalue weighted by molar-refractivity contribution is -0.127. The second-order valence-corrected chi connectivity index (χ2v) is 8.39. The van der Waals surface area contributed by atoms with Crippen molar-refractivity contribution in [2.45, 2.75) is 15.2 Å². The van der Waals surface area contributed by atoms with Gasteiger partial charge in [0.2, 0.25) is 5.91 Å². The third-order valence-electron chi connectivity index (χ3n) is 3.18. The van der Waals surface area contributed by atoms with Crippen LogP contribution < -0.4 is 4.90 Å². The molecule has 1 aromatic carbocycles. The van der Waals surface area contributed by atoms with Crippen LogP contribution in [0.25, 0.3) is 0 Å². The molecule has 1 heterocycles. The number of thioether (sulfide) groups is 2. The summed E-state index contributed by atoms with van der Waals surface area (Å²) in [4.78, 5) is 16.0. The molecule has 0 saturated heterocycles. The van der Waals surface area contributed by atoms with Gasteiger partial charge in [-0.25, -0.2) is 0 Å². The molecule has 0 aliphatic carbocycles. The molecule has 0 unspecified atom stereocenters. The first-order valence-electron chi connectivity index (χ1n) is 7.00. The number of benzene rings is 1. The molecule has 1 amide bonds. The molecule has 124 valence electrons. The Bertz CT molecular complexity index is 642. The molecule has 0 spiro atoms. The van der Waals surface area contributed by atoms with Gasteiger partial charge in [-0.2, -0.15) is 0 Å². The van der Waals surface area contributed by atoms with Gasteiger partial charge in [-0.15, -0.1) is 10.2 Å². The van der Waals surface area contributed by atoms with Crippen molar-refractivity contribution in [2.24, 2.45) is 0 Å². The first-order valence-corrected chi connectivity index (χ1v) is 10.0. The average molecular weight is 369 g/mol. The Labute approximate surface area is 149 Å². The maximum absolute atomic E-state index is 12.2. The normalized spacial score (nSPS) is 10.6. The highest BCUT2D eigenvalue weighted by molar-refractivity contribution is 8.03. The van der Waals surface area contributed by atoms with Crippen LogP contribution in [0.5, 0.6) is 0 Å². The standard InChI is InChI=1S/C15H20N4OS3/c1-18(2)12-7-5-11(6-8-12)9-19(3)13(20)10-22-15-17-16-14(21-4)23-15/h5-8H,9-10H2,1-4H3. The molecule has 8 heteroatoms. The highest BCUT2D eigenvalue weighted by Gasteiger charge is 2.12. The van der Waals surface area contributed by atoms with Crippen molar-refractivity contribution in [3.8, 4) is 0 Å². The molecule has 5 nitrogen and oxygen atoms in total. The summed E-state index contributed by atoms with van der Waals surface area (Å²) in [5.41, 5.74) is 2.27. The lowest BCUT2D eigenvalue weighted by Crippen LogP contribution is -2.27. The predicted molar refractivity (Wildman–Crippen MR) is 99.7 cm³/mol. The van der Waals surface area contributed by atoms with Crippen LogP contribution in [0.15, 0.2) is 32.9 Å². The van der Waals surface area contributed by atoms with E-state index in [9.17, 15) is 4.79 Å². The Kier molecular flexibility index (Phi) is 6.73. The first-order chi connectivity index (χ1) is 11.0. The van der Waals surface area contributed by atoms with E-state index in [2.05, 4.69) is 39.4 Å². The number of aromatic nitrogens is 2. The molecule has 0 bridgehead atoms. The van der Waals surface area contributed by atoms with Crippen molar-refractivity contribution in [2.75, 3.05) is 38.1 Å². The smallest absolute Gasteiger partial charge is 0.233 e. The Morgan fingerprint density at radius 3 is 2.35 bits per heavy atom. The lowest BCUT2D eigenvalue weighted by Gasteiger charge is -2.18. The van der Waals surface area contributed by atoms with Crippen molar-refractivity contribution in [3.63, 3.8) is 0 Å². The van der Waals surface area contributed by atoms with Gasteiger partial charge in [-0.05, 0) is 24.0 Å². The monoisotopic (exact) mass is 368 g/mol. The predicted octanol–water partition coefficient (Wildman–Crippen LogP) is 3.08. The molecule has 23 heavy (non-hydrogen) atoms. The summed E-state index contributed by atoms with van der Waals surface area (Å²) in [6.45, 7) is 0.610. The fourth-order valence-corrected chi connectivity index (χ4v) is 4.21. The molecule has 0 fully saturated rings. The van der Waals surface area contributed by atoms with E-state index in [0.29, 0.717) is 12.3 Å². The summed E-state index contributed by atoms with van der Waals surface area (Å²) >= 11 is 4.53. The van der Waals surface area contributed by atoms with E-state index >= 15 is 0 Å². The summed E-state index contributed by atoms with van der Waals surface area (Å²) in [6.07, 6.45) is 1.97. The maximum atomic E-state index is 12.2. The van der Waals surface area contributed by atoms with E-state index < -0.39 is 0 Å². The van der Waals surface area contributed by atoms with Crippen LogP contribution in [0.3, 0.4) is 0 Å². The van der Waals surface area contributed by atoms with Crippen molar-refractivity contribution in [1.29, 1.82) is 0 Å². The van der Waals surface area contributed by atoms with Crippen LogP contribution in [0.4, 0.5) is 5.69 Å². The van der Waals surface area contributed by atoms with E-state index in [1.165, 1.54) is 23.1 Å². The zero-order valence-corrected chi connectivity index (χ0v) is 16.1. The molecule has 0 N–H and O–H groups in total. The second-order valence-electron chi connectivity index (χ2n) is 5.14. The molecular weight excluding hydrogens is 348 g/mol. The molecule has 0 aliphatic heterocycles. The van der Waals surface area contributed by atoms with E-state index in [4.69, 9.17) is 0 Å². The summed E-state index contributed by atoms with van der Waals surface area (Å²) < 4.78 is 1.76. The molecule has 0 atom stereocenters. The number of hydrogen-bond donors (Lipinski definition) is 0. The average Bonchev–Trinajstić information content (AvgIpc) is 3.01. The summed E-state index contributed by atoms with van der Waals surface area (Å²) in [5.74, 6) is 0.475. The highest BCUT2D eigenvalue weighted by Crippen LogP contribution is 2.27. The Balaban J connectivity index is 1.84. The van der Waals surface area contributed by atoms with Gasteiger partial charge in [-0.1, -0.05) is 47.0 Å². The third kappa shape index (κ3) is 5.40. The van der Waals surface area contributed by atoms with Crippen molar-refractivity contribution in [1.82, 2.24) is 15.1 Å². The molecule has 1 aromatic heterocycles. The van der Waals surface area contributed by atoms with Crippen LogP contribution in [-0.4, -0.2) is 54.2 Å². The van der Waals surface area contributed by atoms with Gasteiger partial charge in [0.15, 0.2) is 8.68 Å². The van der Waals surface area contributed by atoms with Gasteiger partial charge in [0.1, 0.15) is 0 Å². The molecule has 2 aromatic rings. The van der Waals surface area contributed by atoms with Crippen molar-refractivity contribution in [3.05, 3.63) is 29.8 Å². The number of carbonyl (C=O) groups excluding carboxylic acids is 1. The fourth-order valence-electron chi connectivity index (χ4n) is 1.83. The quantitative estimate of drug-likeness (QED) is 0.700. The van der Waals surface area contributed by atoms with E-state index in [0.717, 1.165) is 19.9 Å². The van der Waals surface area contributed by atoms with Crippen molar-refractivity contribution < 1.29 is 4.79 Å². The van der Waals surface area contributed by atoms with Crippen LogP contribution >= 0.6 is 34.9 Å². The van der Waals surface area contributed by atoms with Gasteiger partial charge >= 0.3 is 0 Å². The van der Waals surface area contributed by atoms with Gasteiger partial charge in [0.05, 0.1) is 5.75 Å². The zero-order valence-electron chi connectivity index (χ0n) is 13.6. The minimum Gasteiger partial charge on any atom is -0.378 e. The first kappa shape index (κ1) is 18.1. The largest absolute Gasteiger partial charge is 0.378 e. The fraction of sp³-hybridized carbons (Fsp3) is 0.400. The second kappa shape index (κ2) is 8.56. The van der Waals surface area contributed by atoms with Gasteiger partial charge in [-0.3, -0.25) is 4.79 Å². The van der Waals surface area contributed by atoms with E-state index in [-0.39, 0.29) is 5.91 Å². The Hall–Kier alpha value is -1.25. The summed E-state index contributed by atoms with van der Waals surface area (Å²) in [6, 6.07) is 8.24. The number of amides is 1. The number of hydrogen-bond acceptors (Lipinski definition) is 7. The third-order valence-corrected chi connectivity index (χ3v) is 6.20. The number of anilines is 1. The molecular formula is C15H20N4OS3. The van der Waals surface area contributed by atoms with Crippen LogP contribution in [0.2, 0.25) is 0 Å². The summed E-state index contributed by atoms with van der Waals surface area (Å²) in [5, 5.41) is 8.09. The topological polar surface area (TPSA) is 49.3 Å². The highest BCUT2D eigenvalue weighted by atomic mass is 32.2. The molecule has 2 rings (SSSR count). The van der Waals surface area contributed by atoms with Crippen LogP contribution in [-0.2, 0) is 11.3 Å². The Morgan fingerprint density at radius 1 is 1.13 bits per heavy atom. The van der Waals surface area contributed by atoms with E-state index in [1.807, 2.05) is 27.4 Å². The molecule has 0 aliphatic rings. The van der Waals surface area contributed by atoms with E-state index in [1.54, 1.807) is 16.7 Å². The molecule has 0 radical (unpaired) electrons. The van der Waals surface area contributed by atoms with Gasteiger partial charge in [0.25, 0.3) is 0 Å². The maximum Gasteiger partial charge on any atom is 0.233 e. The Morgan fingerprint density at radius 2 is 1.78 bits per heavy atom. The summed E-state index contributed by atoms with van der Waals surface area (Å²) in [7, 11) is 5.85. The minimum absolute atomic E-state index is 0.0904. The van der Waals surface area contributed by atoms with Gasteiger partial charge in [0, 0.05) is 33.4 Å². The van der Waals surface area contributed by atoms with Gasteiger partial charge < -0.3 is 9.80 Å². The van der Waals surface area contributed by atoms with Crippen LogP contribution in [0, 0.1) is 0 Å². The SMILES string of the molecule is CSc1nnc(SCC(=O)N(C)Cc2ccc(N(C)C)cc2)s1. The lowest BCUT2D eigenvalue weighted by atomic mass is 10.2.